The Balaban J connectivity index is 0.00000200. The molecule has 0 spiro atoms. The number of benzene rings is 1. The van der Waals surface area contributed by atoms with Crippen LogP contribution in [0.2, 0.25) is 0 Å². The van der Waals surface area contributed by atoms with Gasteiger partial charge in [0.15, 0.2) is 0 Å². The third kappa shape index (κ3) is 3.95. The molecule has 1 saturated heterocycles. The summed E-state index contributed by atoms with van der Waals surface area (Å²) in [6.45, 7) is 2.40. The summed E-state index contributed by atoms with van der Waals surface area (Å²) in [5.74, 6) is -0.0546. The maximum atomic E-state index is 12.0. The largest absolute Gasteiger partial charge is 0.325 e. The molecule has 0 aliphatic carbocycles. The van der Waals surface area contributed by atoms with Gasteiger partial charge in [-0.05, 0) is 37.6 Å². The van der Waals surface area contributed by atoms with E-state index in [1.807, 2.05) is 18.2 Å². The number of hydrogen-bond donors (Lipinski definition) is 2. The Morgan fingerprint density at radius 2 is 2.15 bits per heavy atom. The van der Waals surface area contributed by atoms with E-state index in [-0.39, 0.29) is 30.3 Å². The normalized spacial score (nSPS) is 17.2. The van der Waals surface area contributed by atoms with Gasteiger partial charge in [0, 0.05) is 25.3 Å². The lowest BCUT2D eigenvalue weighted by Gasteiger charge is -2.17. The van der Waals surface area contributed by atoms with Crippen LogP contribution in [0.25, 0.3) is 0 Å². The van der Waals surface area contributed by atoms with Crippen molar-refractivity contribution in [3.05, 3.63) is 24.3 Å². The molecule has 0 saturated carbocycles. The van der Waals surface area contributed by atoms with Crippen LogP contribution in [0.3, 0.4) is 0 Å². The number of halogens is 1. The molecule has 1 atom stereocenters. The van der Waals surface area contributed by atoms with Crippen molar-refractivity contribution in [1.82, 2.24) is 5.32 Å². The van der Waals surface area contributed by atoms with Crippen LogP contribution in [0.1, 0.15) is 19.8 Å². The van der Waals surface area contributed by atoms with Crippen LogP contribution in [0, 0.1) is 0 Å². The van der Waals surface area contributed by atoms with Gasteiger partial charge in [-0.1, -0.05) is 6.07 Å². The van der Waals surface area contributed by atoms with Crippen LogP contribution in [-0.2, 0) is 9.59 Å². The van der Waals surface area contributed by atoms with Crippen molar-refractivity contribution in [3.8, 4) is 0 Å². The minimum Gasteiger partial charge on any atom is -0.325 e. The predicted molar refractivity (Wildman–Crippen MR) is 82.4 cm³/mol. The first-order chi connectivity index (χ1) is 9.08. The molecule has 1 fully saturated rings. The molecule has 0 radical (unpaired) electrons. The number of carbonyl (C=O) groups is 2. The van der Waals surface area contributed by atoms with Gasteiger partial charge in [-0.3, -0.25) is 9.59 Å². The van der Waals surface area contributed by atoms with Gasteiger partial charge in [-0.15, -0.1) is 12.4 Å². The standard InChI is InChI=1S/C14H19N3O2.ClH/c1-10(18)17(2)12-6-3-5-11(9-12)16-14(19)13-7-4-8-15-13;/h3,5-6,9,13,15H,4,7-8H2,1-2H3,(H,16,19);1H. The summed E-state index contributed by atoms with van der Waals surface area (Å²) >= 11 is 0. The topological polar surface area (TPSA) is 61.4 Å². The number of nitrogens with zero attached hydrogens (tertiary/aromatic N) is 1. The van der Waals surface area contributed by atoms with E-state index in [1.165, 1.54) is 6.92 Å². The number of hydrogen-bond acceptors (Lipinski definition) is 3. The number of anilines is 2. The molecule has 0 bridgehead atoms. The van der Waals surface area contributed by atoms with Gasteiger partial charge < -0.3 is 15.5 Å². The first-order valence-electron chi connectivity index (χ1n) is 6.46. The van der Waals surface area contributed by atoms with Crippen molar-refractivity contribution in [2.45, 2.75) is 25.8 Å². The lowest BCUT2D eigenvalue weighted by atomic mass is 10.2. The van der Waals surface area contributed by atoms with Crippen LogP contribution < -0.4 is 15.5 Å². The summed E-state index contributed by atoms with van der Waals surface area (Å²) < 4.78 is 0. The summed E-state index contributed by atoms with van der Waals surface area (Å²) in [6.07, 6.45) is 1.91. The summed E-state index contributed by atoms with van der Waals surface area (Å²) in [6, 6.07) is 7.19. The van der Waals surface area contributed by atoms with E-state index in [4.69, 9.17) is 0 Å². The summed E-state index contributed by atoms with van der Waals surface area (Å²) in [7, 11) is 1.71. The average molecular weight is 298 g/mol. The van der Waals surface area contributed by atoms with Gasteiger partial charge in [0.05, 0.1) is 6.04 Å². The Hall–Kier alpha value is -1.59. The zero-order chi connectivity index (χ0) is 13.8. The van der Waals surface area contributed by atoms with Crippen LogP contribution in [0.4, 0.5) is 11.4 Å². The second kappa shape index (κ2) is 7.26. The van der Waals surface area contributed by atoms with Crippen LogP contribution >= 0.6 is 12.4 Å². The van der Waals surface area contributed by atoms with Crippen molar-refractivity contribution in [3.63, 3.8) is 0 Å². The highest BCUT2D eigenvalue weighted by Gasteiger charge is 2.21. The molecule has 1 aromatic carbocycles. The van der Waals surface area contributed by atoms with Gasteiger partial charge in [-0.25, -0.2) is 0 Å². The molecule has 20 heavy (non-hydrogen) atoms. The fraction of sp³-hybridized carbons (Fsp3) is 0.429. The Bertz CT molecular complexity index is 487. The molecule has 1 heterocycles. The van der Waals surface area contributed by atoms with Gasteiger partial charge in [0.2, 0.25) is 11.8 Å². The maximum absolute atomic E-state index is 12.0. The zero-order valence-corrected chi connectivity index (χ0v) is 12.5. The quantitative estimate of drug-likeness (QED) is 0.894. The minimum atomic E-state index is -0.103. The highest BCUT2D eigenvalue weighted by atomic mass is 35.5. The second-order valence-electron chi connectivity index (χ2n) is 4.77. The summed E-state index contributed by atoms with van der Waals surface area (Å²) in [5, 5.41) is 6.03. The molecule has 1 unspecified atom stereocenters. The smallest absolute Gasteiger partial charge is 0.241 e. The van der Waals surface area contributed by atoms with Gasteiger partial charge in [-0.2, -0.15) is 0 Å². The molecule has 5 nitrogen and oxygen atoms in total. The third-order valence-corrected chi connectivity index (χ3v) is 3.35. The molecule has 2 amide bonds. The second-order valence-corrected chi connectivity index (χ2v) is 4.77. The fourth-order valence-corrected chi connectivity index (χ4v) is 2.11. The van der Waals surface area contributed by atoms with E-state index in [0.29, 0.717) is 5.69 Å². The first-order valence-corrected chi connectivity index (χ1v) is 6.46. The molecule has 110 valence electrons. The third-order valence-electron chi connectivity index (χ3n) is 3.35. The van der Waals surface area contributed by atoms with Crippen molar-refractivity contribution in [2.75, 3.05) is 23.8 Å². The zero-order valence-electron chi connectivity index (χ0n) is 11.7. The highest BCUT2D eigenvalue weighted by molar-refractivity contribution is 5.96. The van der Waals surface area contributed by atoms with E-state index in [1.54, 1.807) is 18.0 Å². The lowest BCUT2D eigenvalue weighted by Crippen LogP contribution is -2.35. The molecule has 1 aliphatic heterocycles. The maximum Gasteiger partial charge on any atom is 0.241 e. The molecule has 1 aromatic rings. The minimum absolute atomic E-state index is 0. The van der Waals surface area contributed by atoms with Gasteiger partial charge in [0.1, 0.15) is 0 Å². The number of nitrogens with one attached hydrogen (secondary N) is 2. The summed E-state index contributed by atoms with van der Waals surface area (Å²) in [5.41, 5.74) is 1.48. The molecule has 2 N–H and O–H groups in total. The Morgan fingerprint density at radius 3 is 2.75 bits per heavy atom. The Morgan fingerprint density at radius 1 is 1.40 bits per heavy atom. The predicted octanol–water partition coefficient (Wildman–Crippen LogP) is 1.78. The van der Waals surface area contributed by atoms with Gasteiger partial charge >= 0.3 is 0 Å². The molecule has 0 aromatic heterocycles. The van der Waals surface area contributed by atoms with E-state index in [2.05, 4.69) is 10.6 Å². The molecular formula is C14H20ClN3O2. The number of amides is 2. The van der Waals surface area contributed by atoms with E-state index in [0.717, 1.165) is 25.1 Å². The SMILES string of the molecule is CC(=O)N(C)c1cccc(NC(=O)C2CCCN2)c1.Cl. The van der Waals surface area contributed by atoms with Crippen molar-refractivity contribution < 1.29 is 9.59 Å². The molecule has 2 rings (SSSR count). The van der Waals surface area contributed by atoms with Crippen LogP contribution in [-0.4, -0.2) is 31.4 Å². The number of rotatable bonds is 3. The average Bonchev–Trinajstić information content (AvgIpc) is 2.92. The van der Waals surface area contributed by atoms with Crippen molar-refractivity contribution >= 4 is 35.6 Å². The fourth-order valence-electron chi connectivity index (χ4n) is 2.11. The van der Waals surface area contributed by atoms with Crippen molar-refractivity contribution in [1.29, 1.82) is 0 Å². The lowest BCUT2D eigenvalue weighted by molar-refractivity contribution is -0.118. The van der Waals surface area contributed by atoms with E-state index < -0.39 is 0 Å². The Labute approximate surface area is 125 Å². The highest BCUT2D eigenvalue weighted by Crippen LogP contribution is 2.19. The van der Waals surface area contributed by atoms with Gasteiger partial charge in [0.25, 0.3) is 0 Å². The molecular weight excluding hydrogens is 278 g/mol. The molecule has 1 aliphatic rings. The molecule has 6 heteroatoms. The van der Waals surface area contributed by atoms with E-state index >= 15 is 0 Å². The monoisotopic (exact) mass is 297 g/mol. The van der Waals surface area contributed by atoms with Crippen molar-refractivity contribution in [2.24, 2.45) is 0 Å². The summed E-state index contributed by atoms with van der Waals surface area (Å²) in [4.78, 5) is 24.8. The van der Waals surface area contributed by atoms with Crippen LogP contribution in [0.15, 0.2) is 24.3 Å². The van der Waals surface area contributed by atoms with E-state index in [9.17, 15) is 9.59 Å². The first kappa shape index (κ1) is 16.5. The van der Waals surface area contributed by atoms with Crippen LogP contribution in [0.5, 0.6) is 0 Å². The Kier molecular flexibility index (Phi) is 5.98. The number of carbonyl (C=O) groups excluding carboxylic acids is 2.